The highest BCUT2D eigenvalue weighted by atomic mass is 32.2. The molecular weight excluding hydrogens is 274 g/mol. The molecule has 0 aromatic heterocycles. The smallest absolute Gasteiger partial charge is 0.218 e. The fraction of sp³-hybridized carbons (Fsp3) is 0.500. The average Bonchev–Trinajstić information content (AvgIpc) is 2.47. The van der Waals surface area contributed by atoms with Crippen molar-refractivity contribution in [1.29, 1.82) is 5.26 Å². The van der Waals surface area contributed by atoms with E-state index >= 15 is 0 Å². The van der Waals surface area contributed by atoms with Gasteiger partial charge in [-0.2, -0.15) is 9.57 Å². The molecule has 0 radical (unpaired) electrons. The number of sulfonamides is 1. The molecule has 6 heteroatoms. The number of hydrogen-bond acceptors (Lipinski definition) is 4. The van der Waals surface area contributed by atoms with Crippen molar-refractivity contribution in [3.8, 4) is 6.07 Å². The Morgan fingerprint density at radius 3 is 2.35 bits per heavy atom. The van der Waals surface area contributed by atoms with Crippen LogP contribution in [0.3, 0.4) is 0 Å². The minimum Gasteiger partial charge on any atom is -0.286 e. The molecule has 5 nitrogen and oxygen atoms in total. The van der Waals surface area contributed by atoms with Crippen LogP contribution in [0.15, 0.2) is 30.3 Å². The third-order valence-electron chi connectivity index (χ3n) is 3.59. The molecule has 0 saturated carbocycles. The fourth-order valence-electron chi connectivity index (χ4n) is 2.33. The summed E-state index contributed by atoms with van der Waals surface area (Å²) >= 11 is 0. The number of piperazine rings is 1. The van der Waals surface area contributed by atoms with Crippen molar-refractivity contribution in [3.63, 3.8) is 0 Å². The van der Waals surface area contributed by atoms with Crippen LogP contribution in [0.4, 0.5) is 0 Å². The van der Waals surface area contributed by atoms with Crippen molar-refractivity contribution in [1.82, 2.24) is 9.21 Å². The Labute approximate surface area is 120 Å². The first-order valence-electron chi connectivity index (χ1n) is 6.68. The van der Waals surface area contributed by atoms with Crippen molar-refractivity contribution in [3.05, 3.63) is 35.9 Å². The second kappa shape index (κ2) is 6.35. The number of hydrogen-bond donors (Lipinski definition) is 0. The molecule has 1 aliphatic heterocycles. The lowest BCUT2D eigenvalue weighted by molar-refractivity contribution is 0.169. The van der Waals surface area contributed by atoms with Crippen LogP contribution in [-0.2, 0) is 15.8 Å². The number of nitriles is 1. The van der Waals surface area contributed by atoms with Gasteiger partial charge in [0.05, 0.1) is 17.9 Å². The summed E-state index contributed by atoms with van der Waals surface area (Å²) in [5, 5.41) is 8.88. The second-order valence-electron chi connectivity index (χ2n) is 4.98. The Bertz CT molecular complexity index is 572. The zero-order chi connectivity index (χ0) is 14.6. The molecule has 1 aromatic rings. The van der Waals surface area contributed by atoms with E-state index < -0.39 is 10.0 Å². The van der Waals surface area contributed by atoms with Gasteiger partial charge in [0.15, 0.2) is 0 Å². The van der Waals surface area contributed by atoms with E-state index in [2.05, 4.69) is 6.07 Å². The van der Waals surface area contributed by atoms with E-state index in [4.69, 9.17) is 5.26 Å². The second-order valence-corrected chi connectivity index (χ2v) is 6.95. The molecule has 0 N–H and O–H groups in total. The van der Waals surface area contributed by atoms with E-state index in [0.29, 0.717) is 26.2 Å². The van der Waals surface area contributed by atoms with Gasteiger partial charge in [0, 0.05) is 26.2 Å². The molecule has 0 unspecified atom stereocenters. The maximum absolute atomic E-state index is 12.3. The SMILES string of the molecule is C[C@@H](C#N)N1CCN(S(=O)(=O)Cc2ccccc2)CC1. The summed E-state index contributed by atoms with van der Waals surface area (Å²) in [5.74, 6) is 0.0433. The normalized spacial score (nSPS) is 19.4. The molecular formula is C14H19N3O2S. The van der Waals surface area contributed by atoms with E-state index in [1.807, 2.05) is 42.2 Å². The molecule has 2 rings (SSSR count). The highest BCUT2D eigenvalue weighted by Gasteiger charge is 2.28. The highest BCUT2D eigenvalue weighted by molar-refractivity contribution is 7.88. The zero-order valence-corrected chi connectivity index (χ0v) is 12.4. The molecule has 0 bridgehead atoms. The Hall–Kier alpha value is -1.42. The van der Waals surface area contributed by atoms with E-state index in [9.17, 15) is 8.42 Å². The van der Waals surface area contributed by atoms with Crippen LogP contribution >= 0.6 is 0 Å². The Morgan fingerprint density at radius 1 is 1.20 bits per heavy atom. The van der Waals surface area contributed by atoms with Gasteiger partial charge in [-0.05, 0) is 12.5 Å². The first-order chi connectivity index (χ1) is 9.53. The van der Waals surface area contributed by atoms with Crippen LogP contribution in [0.25, 0.3) is 0 Å². The average molecular weight is 293 g/mol. The lowest BCUT2D eigenvalue weighted by Crippen LogP contribution is -2.51. The summed E-state index contributed by atoms with van der Waals surface area (Å²) in [6.07, 6.45) is 0. The van der Waals surface area contributed by atoms with Gasteiger partial charge < -0.3 is 0 Å². The minimum absolute atomic E-state index is 0.0433. The standard InChI is InChI=1S/C14H19N3O2S/c1-13(11-15)16-7-9-17(10-8-16)20(18,19)12-14-5-3-2-4-6-14/h2-6,13H,7-10,12H2,1H3/t13-/m0/s1. The molecule has 0 aliphatic carbocycles. The third-order valence-corrected chi connectivity index (χ3v) is 5.44. The van der Waals surface area contributed by atoms with Crippen molar-refractivity contribution in [2.75, 3.05) is 26.2 Å². The molecule has 1 atom stereocenters. The van der Waals surface area contributed by atoms with E-state index in [1.165, 1.54) is 4.31 Å². The molecule has 1 heterocycles. The summed E-state index contributed by atoms with van der Waals surface area (Å²) in [4.78, 5) is 2.01. The van der Waals surface area contributed by atoms with Crippen LogP contribution in [0, 0.1) is 11.3 Å². The lowest BCUT2D eigenvalue weighted by atomic mass is 10.2. The largest absolute Gasteiger partial charge is 0.286 e. The van der Waals surface area contributed by atoms with Gasteiger partial charge >= 0.3 is 0 Å². The van der Waals surface area contributed by atoms with Crippen molar-refractivity contribution in [2.24, 2.45) is 0 Å². The Morgan fingerprint density at radius 2 is 1.80 bits per heavy atom. The van der Waals surface area contributed by atoms with Gasteiger partial charge in [-0.1, -0.05) is 30.3 Å². The highest BCUT2D eigenvalue weighted by Crippen LogP contribution is 2.14. The summed E-state index contributed by atoms with van der Waals surface area (Å²) in [6.45, 7) is 3.99. The van der Waals surface area contributed by atoms with E-state index in [-0.39, 0.29) is 11.8 Å². The molecule has 1 fully saturated rings. The summed E-state index contributed by atoms with van der Waals surface area (Å²) < 4.78 is 26.2. The summed E-state index contributed by atoms with van der Waals surface area (Å²) in [6, 6.07) is 11.2. The molecule has 1 saturated heterocycles. The monoisotopic (exact) mass is 293 g/mol. The molecule has 0 spiro atoms. The zero-order valence-electron chi connectivity index (χ0n) is 11.6. The maximum atomic E-state index is 12.3. The molecule has 20 heavy (non-hydrogen) atoms. The maximum Gasteiger partial charge on any atom is 0.218 e. The number of benzene rings is 1. The molecule has 0 amide bonds. The fourth-order valence-corrected chi connectivity index (χ4v) is 3.84. The first kappa shape index (κ1) is 15.0. The summed E-state index contributed by atoms with van der Waals surface area (Å²) in [7, 11) is -3.27. The predicted octanol–water partition coefficient (Wildman–Crippen LogP) is 1.05. The minimum atomic E-state index is -3.27. The lowest BCUT2D eigenvalue weighted by Gasteiger charge is -2.35. The van der Waals surface area contributed by atoms with Crippen LogP contribution in [0.5, 0.6) is 0 Å². The topological polar surface area (TPSA) is 64.4 Å². The van der Waals surface area contributed by atoms with E-state index in [1.54, 1.807) is 0 Å². The van der Waals surface area contributed by atoms with Crippen LogP contribution in [-0.4, -0.2) is 49.8 Å². The van der Waals surface area contributed by atoms with Crippen molar-refractivity contribution < 1.29 is 8.42 Å². The van der Waals surface area contributed by atoms with Gasteiger partial charge in [-0.3, -0.25) is 4.90 Å². The summed E-state index contributed by atoms with van der Waals surface area (Å²) in [5.41, 5.74) is 0.806. The van der Waals surface area contributed by atoms with Crippen LogP contribution < -0.4 is 0 Å². The van der Waals surface area contributed by atoms with Crippen LogP contribution in [0.1, 0.15) is 12.5 Å². The van der Waals surface area contributed by atoms with Gasteiger partial charge in [0.2, 0.25) is 10.0 Å². The molecule has 1 aromatic carbocycles. The van der Waals surface area contributed by atoms with Gasteiger partial charge in [-0.25, -0.2) is 8.42 Å². The van der Waals surface area contributed by atoms with E-state index in [0.717, 1.165) is 5.56 Å². The van der Waals surface area contributed by atoms with Crippen LogP contribution in [0.2, 0.25) is 0 Å². The molecule has 1 aliphatic rings. The molecule has 108 valence electrons. The van der Waals surface area contributed by atoms with Crippen molar-refractivity contribution in [2.45, 2.75) is 18.7 Å². The predicted molar refractivity (Wildman–Crippen MR) is 77.3 cm³/mol. The number of nitrogens with zero attached hydrogens (tertiary/aromatic N) is 3. The third kappa shape index (κ3) is 3.57. The first-order valence-corrected chi connectivity index (χ1v) is 8.29. The Kier molecular flexibility index (Phi) is 4.76. The van der Waals surface area contributed by atoms with Crippen molar-refractivity contribution >= 4 is 10.0 Å². The quantitative estimate of drug-likeness (QED) is 0.832. The number of rotatable bonds is 4. The Balaban J connectivity index is 1.97. The van der Waals surface area contributed by atoms with Gasteiger partial charge in [-0.15, -0.1) is 0 Å². The van der Waals surface area contributed by atoms with Gasteiger partial charge in [0.25, 0.3) is 0 Å². The van der Waals surface area contributed by atoms with Gasteiger partial charge in [0.1, 0.15) is 0 Å².